The Morgan fingerprint density at radius 2 is 1.92 bits per heavy atom. The molecule has 0 spiro atoms. The molecule has 1 fully saturated rings. The number of ether oxygens (including phenoxy) is 1. The normalized spacial score (nSPS) is 13.8. The molecule has 0 radical (unpaired) electrons. The fourth-order valence-electron chi connectivity index (χ4n) is 3.19. The Kier molecular flexibility index (Phi) is 5.56. The van der Waals surface area contributed by atoms with E-state index in [-0.39, 0.29) is 11.8 Å². The Balaban J connectivity index is 1.52. The van der Waals surface area contributed by atoms with Gasteiger partial charge in [-0.15, -0.1) is 0 Å². The van der Waals surface area contributed by atoms with E-state index in [4.69, 9.17) is 4.74 Å². The lowest BCUT2D eigenvalue weighted by Gasteiger charge is -2.16. The Labute approximate surface area is 154 Å². The highest BCUT2D eigenvalue weighted by molar-refractivity contribution is 5.99. The van der Waals surface area contributed by atoms with Crippen LogP contribution in [0, 0.1) is 13.8 Å². The van der Waals surface area contributed by atoms with Crippen LogP contribution >= 0.6 is 0 Å². The lowest BCUT2D eigenvalue weighted by atomic mass is 10.1. The molecule has 1 saturated heterocycles. The number of rotatable bonds is 6. The molecule has 0 aromatic heterocycles. The quantitative estimate of drug-likeness (QED) is 0.812. The van der Waals surface area contributed by atoms with Gasteiger partial charge in [0, 0.05) is 24.2 Å². The first-order valence-electron chi connectivity index (χ1n) is 8.93. The van der Waals surface area contributed by atoms with Gasteiger partial charge in [-0.2, -0.15) is 0 Å². The van der Waals surface area contributed by atoms with Crippen molar-refractivity contribution in [3.8, 4) is 5.75 Å². The summed E-state index contributed by atoms with van der Waals surface area (Å²) in [6.07, 6.45) is 1.44. The standard InChI is InChI=1S/C21H24N2O3/c1-15-11-16(2)13-19(12-15)26-10-8-22-21(25)17-5-3-6-18(14-17)23-9-4-7-20(23)24/h3,5-6,11-14H,4,7-10H2,1-2H3,(H,22,25). The Hall–Kier alpha value is -2.82. The first-order chi connectivity index (χ1) is 12.5. The van der Waals surface area contributed by atoms with Gasteiger partial charge in [0.2, 0.25) is 5.91 Å². The fraction of sp³-hybridized carbons (Fsp3) is 0.333. The molecule has 0 unspecified atom stereocenters. The van der Waals surface area contributed by atoms with Crippen molar-refractivity contribution in [3.63, 3.8) is 0 Å². The summed E-state index contributed by atoms with van der Waals surface area (Å²) in [6, 6.07) is 13.2. The van der Waals surface area contributed by atoms with Crippen molar-refractivity contribution in [2.45, 2.75) is 26.7 Å². The molecule has 5 nitrogen and oxygen atoms in total. The van der Waals surface area contributed by atoms with Crippen molar-refractivity contribution in [2.75, 3.05) is 24.6 Å². The molecule has 2 aromatic carbocycles. The maximum absolute atomic E-state index is 12.3. The Morgan fingerprint density at radius 3 is 2.62 bits per heavy atom. The molecule has 1 N–H and O–H groups in total. The number of nitrogens with zero attached hydrogens (tertiary/aromatic N) is 1. The Bertz CT molecular complexity index is 796. The molecule has 0 saturated carbocycles. The zero-order valence-electron chi connectivity index (χ0n) is 15.2. The molecule has 0 bridgehead atoms. The van der Waals surface area contributed by atoms with Crippen molar-refractivity contribution in [1.29, 1.82) is 0 Å². The van der Waals surface area contributed by atoms with E-state index in [9.17, 15) is 9.59 Å². The fourth-order valence-corrected chi connectivity index (χ4v) is 3.19. The zero-order valence-corrected chi connectivity index (χ0v) is 15.2. The highest BCUT2D eigenvalue weighted by Gasteiger charge is 2.22. The van der Waals surface area contributed by atoms with Gasteiger partial charge in [0.25, 0.3) is 5.91 Å². The number of hydrogen-bond donors (Lipinski definition) is 1. The van der Waals surface area contributed by atoms with Gasteiger partial charge in [-0.1, -0.05) is 12.1 Å². The number of anilines is 1. The molecule has 136 valence electrons. The maximum atomic E-state index is 12.3. The molecule has 0 aliphatic carbocycles. The van der Waals surface area contributed by atoms with Crippen LogP contribution in [-0.4, -0.2) is 31.5 Å². The number of hydrogen-bond acceptors (Lipinski definition) is 3. The SMILES string of the molecule is Cc1cc(C)cc(OCCNC(=O)c2cccc(N3CCCC3=O)c2)c1. The molecule has 1 aliphatic heterocycles. The van der Waals surface area contributed by atoms with Crippen molar-refractivity contribution in [3.05, 3.63) is 59.2 Å². The molecule has 3 rings (SSSR count). The third-order valence-electron chi connectivity index (χ3n) is 4.34. The summed E-state index contributed by atoms with van der Waals surface area (Å²) in [7, 11) is 0. The molecule has 0 atom stereocenters. The van der Waals surface area contributed by atoms with Crippen molar-refractivity contribution >= 4 is 17.5 Å². The van der Waals surface area contributed by atoms with Crippen LogP contribution in [0.2, 0.25) is 0 Å². The molecular weight excluding hydrogens is 328 g/mol. The maximum Gasteiger partial charge on any atom is 0.251 e. The van der Waals surface area contributed by atoms with Crippen molar-refractivity contribution in [1.82, 2.24) is 5.32 Å². The third-order valence-corrected chi connectivity index (χ3v) is 4.34. The first kappa shape index (κ1) is 18.0. The number of aryl methyl sites for hydroxylation is 2. The van der Waals surface area contributed by atoms with E-state index < -0.39 is 0 Å². The van der Waals surface area contributed by atoms with Gasteiger partial charge in [0.15, 0.2) is 0 Å². The molecular formula is C21H24N2O3. The van der Waals surface area contributed by atoms with Crippen LogP contribution in [0.4, 0.5) is 5.69 Å². The molecule has 26 heavy (non-hydrogen) atoms. The second kappa shape index (κ2) is 8.04. The summed E-state index contributed by atoms with van der Waals surface area (Å²) in [5, 5.41) is 2.86. The van der Waals surface area contributed by atoms with Gasteiger partial charge < -0.3 is 15.0 Å². The van der Waals surface area contributed by atoms with Gasteiger partial charge >= 0.3 is 0 Å². The predicted octanol–water partition coefficient (Wildman–Crippen LogP) is 3.24. The number of nitrogens with one attached hydrogen (secondary N) is 1. The van der Waals surface area contributed by atoms with Crippen molar-refractivity contribution in [2.24, 2.45) is 0 Å². The van der Waals surface area contributed by atoms with Crippen LogP contribution in [0.1, 0.15) is 34.3 Å². The van der Waals surface area contributed by atoms with E-state index in [1.165, 1.54) is 0 Å². The number of carbonyl (C=O) groups is 2. The van der Waals surface area contributed by atoms with Crippen molar-refractivity contribution < 1.29 is 14.3 Å². The summed E-state index contributed by atoms with van der Waals surface area (Å²) in [5.41, 5.74) is 3.63. The highest BCUT2D eigenvalue weighted by Crippen LogP contribution is 2.22. The van der Waals surface area contributed by atoms with Crippen LogP contribution in [0.3, 0.4) is 0 Å². The smallest absolute Gasteiger partial charge is 0.251 e. The summed E-state index contributed by atoms with van der Waals surface area (Å²) in [4.78, 5) is 25.9. The van der Waals surface area contributed by atoms with E-state index >= 15 is 0 Å². The zero-order chi connectivity index (χ0) is 18.5. The minimum atomic E-state index is -0.164. The largest absolute Gasteiger partial charge is 0.492 e. The Morgan fingerprint density at radius 1 is 1.15 bits per heavy atom. The van der Waals surface area contributed by atoms with Gasteiger partial charge in [0.05, 0.1) is 6.54 Å². The summed E-state index contributed by atoms with van der Waals surface area (Å²) in [6.45, 7) is 5.59. The van der Waals surface area contributed by atoms with Gasteiger partial charge in [-0.3, -0.25) is 9.59 Å². The summed E-state index contributed by atoms with van der Waals surface area (Å²) in [5.74, 6) is 0.762. The van der Waals surface area contributed by atoms with Gasteiger partial charge in [0.1, 0.15) is 12.4 Å². The number of benzene rings is 2. The van der Waals surface area contributed by atoms with E-state index in [0.717, 1.165) is 29.0 Å². The molecule has 1 heterocycles. The highest BCUT2D eigenvalue weighted by atomic mass is 16.5. The average molecular weight is 352 g/mol. The third kappa shape index (κ3) is 4.42. The topological polar surface area (TPSA) is 58.6 Å². The van der Waals surface area contributed by atoms with Crippen LogP contribution in [0.25, 0.3) is 0 Å². The predicted molar refractivity (Wildman–Crippen MR) is 102 cm³/mol. The number of carbonyl (C=O) groups excluding carboxylic acids is 2. The molecule has 2 aromatic rings. The van der Waals surface area contributed by atoms with Crippen LogP contribution < -0.4 is 15.0 Å². The van der Waals surface area contributed by atoms with Gasteiger partial charge in [-0.25, -0.2) is 0 Å². The minimum absolute atomic E-state index is 0.115. The van der Waals surface area contributed by atoms with Crippen LogP contribution in [-0.2, 0) is 4.79 Å². The van der Waals surface area contributed by atoms with Crippen LogP contribution in [0.5, 0.6) is 5.75 Å². The molecule has 2 amide bonds. The van der Waals surface area contributed by atoms with E-state index in [2.05, 4.69) is 11.4 Å². The average Bonchev–Trinajstić information content (AvgIpc) is 3.04. The lowest BCUT2D eigenvalue weighted by molar-refractivity contribution is -0.117. The van der Waals surface area contributed by atoms with Gasteiger partial charge in [-0.05, 0) is 61.7 Å². The van der Waals surface area contributed by atoms with Crippen LogP contribution in [0.15, 0.2) is 42.5 Å². The van der Waals surface area contributed by atoms with E-state index in [1.807, 2.05) is 38.1 Å². The molecule has 5 heteroatoms. The first-order valence-corrected chi connectivity index (χ1v) is 8.93. The summed E-state index contributed by atoms with van der Waals surface area (Å²) >= 11 is 0. The van der Waals surface area contributed by atoms with E-state index in [1.54, 1.807) is 17.0 Å². The second-order valence-electron chi connectivity index (χ2n) is 6.63. The monoisotopic (exact) mass is 352 g/mol. The minimum Gasteiger partial charge on any atom is -0.492 e. The lowest BCUT2D eigenvalue weighted by Crippen LogP contribution is -2.29. The summed E-state index contributed by atoms with van der Waals surface area (Å²) < 4.78 is 5.71. The van der Waals surface area contributed by atoms with E-state index in [0.29, 0.717) is 31.7 Å². The number of amides is 2. The molecule has 1 aliphatic rings. The second-order valence-corrected chi connectivity index (χ2v) is 6.63.